The number of halogens is 1. The number of aromatic nitrogens is 2. The van der Waals surface area contributed by atoms with E-state index >= 15 is 0 Å². The van der Waals surface area contributed by atoms with E-state index in [2.05, 4.69) is 9.97 Å². The van der Waals surface area contributed by atoms with Crippen molar-refractivity contribution in [1.82, 2.24) is 9.97 Å². The summed E-state index contributed by atoms with van der Waals surface area (Å²) in [6.07, 6.45) is 1.69. The van der Waals surface area contributed by atoms with E-state index in [1.807, 2.05) is 24.9 Å². The molecule has 0 saturated heterocycles. The third-order valence-electron chi connectivity index (χ3n) is 2.91. The van der Waals surface area contributed by atoms with Gasteiger partial charge in [0.05, 0.1) is 12.7 Å². The van der Waals surface area contributed by atoms with Crippen molar-refractivity contribution in [1.29, 1.82) is 0 Å². The summed E-state index contributed by atoms with van der Waals surface area (Å²) < 4.78 is 18.4. The summed E-state index contributed by atoms with van der Waals surface area (Å²) in [6.45, 7) is 2.89. The van der Waals surface area contributed by atoms with Crippen LogP contribution in [0.15, 0.2) is 30.5 Å². The second kappa shape index (κ2) is 5.65. The molecule has 0 amide bonds. The molecule has 0 fully saturated rings. The maximum Gasteiger partial charge on any atom is 0.165 e. The minimum Gasteiger partial charge on any atom is -0.496 e. The molecular weight excluding hydrogens is 245 g/mol. The second-order valence-corrected chi connectivity index (χ2v) is 4.10. The Morgan fingerprint density at radius 2 is 2.11 bits per heavy atom. The van der Waals surface area contributed by atoms with E-state index in [-0.39, 0.29) is 5.82 Å². The highest BCUT2D eigenvalue weighted by atomic mass is 19.1. The predicted octanol–water partition coefficient (Wildman–Crippen LogP) is 2.75. The molecule has 0 atom stereocenters. The molecule has 1 heterocycles. The van der Waals surface area contributed by atoms with Gasteiger partial charge in [-0.05, 0) is 25.1 Å². The van der Waals surface area contributed by atoms with Crippen molar-refractivity contribution in [2.45, 2.75) is 6.92 Å². The molecule has 1 aromatic carbocycles. The summed E-state index contributed by atoms with van der Waals surface area (Å²) >= 11 is 0. The Kier molecular flexibility index (Phi) is 3.94. The third-order valence-corrected chi connectivity index (χ3v) is 2.91. The molecule has 0 aliphatic rings. The molecule has 0 saturated carbocycles. The van der Waals surface area contributed by atoms with Crippen LogP contribution in [0.3, 0.4) is 0 Å². The van der Waals surface area contributed by atoms with Crippen LogP contribution in [0.1, 0.15) is 6.92 Å². The van der Waals surface area contributed by atoms with E-state index in [9.17, 15) is 4.39 Å². The Bertz CT molecular complexity index is 574. The Labute approximate surface area is 111 Å². The zero-order valence-corrected chi connectivity index (χ0v) is 11.2. The first-order valence-electron chi connectivity index (χ1n) is 6.03. The van der Waals surface area contributed by atoms with E-state index in [1.165, 1.54) is 19.2 Å². The molecule has 0 aliphatic carbocycles. The van der Waals surface area contributed by atoms with Gasteiger partial charge in [0.2, 0.25) is 0 Å². The zero-order chi connectivity index (χ0) is 13.8. The van der Waals surface area contributed by atoms with Crippen LogP contribution in [0.25, 0.3) is 11.4 Å². The van der Waals surface area contributed by atoms with Crippen molar-refractivity contribution in [3.8, 4) is 17.1 Å². The van der Waals surface area contributed by atoms with Crippen molar-refractivity contribution in [3.63, 3.8) is 0 Å². The molecule has 100 valence electrons. The van der Waals surface area contributed by atoms with E-state index in [0.29, 0.717) is 17.1 Å². The van der Waals surface area contributed by atoms with Gasteiger partial charge in [-0.3, -0.25) is 0 Å². The van der Waals surface area contributed by atoms with Crippen LogP contribution in [0.4, 0.5) is 10.2 Å². The molecule has 2 aromatic rings. The molecule has 19 heavy (non-hydrogen) atoms. The minimum atomic E-state index is -0.345. The van der Waals surface area contributed by atoms with Gasteiger partial charge in [0.25, 0.3) is 0 Å². The predicted molar refractivity (Wildman–Crippen MR) is 72.9 cm³/mol. The van der Waals surface area contributed by atoms with Gasteiger partial charge >= 0.3 is 0 Å². The van der Waals surface area contributed by atoms with Crippen molar-refractivity contribution in [3.05, 3.63) is 36.3 Å². The summed E-state index contributed by atoms with van der Waals surface area (Å²) in [4.78, 5) is 10.7. The van der Waals surface area contributed by atoms with Gasteiger partial charge in [-0.2, -0.15) is 0 Å². The molecule has 0 bridgehead atoms. The van der Waals surface area contributed by atoms with Crippen molar-refractivity contribution in [2.24, 2.45) is 0 Å². The van der Waals surface area contributed by atoms with E-state index in [4.69, 9.17) is 4.74 Å². The quantitative estimate of drug-likeness (QED) is 0.848. The standard InChI is InChI=1S/C14H16FN3O/c1-4-18(2)13-7-8-16-14(17-13)11-6-5-10(15)9-12(11)19-3/h5-9H,4H2,1-3H3. The second-order valence-electron chi connectivity index (χ2n) is 4.10. The monoisotopic (exact) mass is 261 g/mol. The maximum absolute atomic E-state index is 13.2. The molecule has 0 unspecified atom stereocenters. The summed E-state index contributed by atoms with van der Waals surface area (Å²) in [5, 5.41) is 0. The van der Waals surface area contributed by atoms with Gasteiger partial charge in [-0.25, -0.2) is 14.4 Å². The number of rotatable bonds is 4. The Hall–Kier alpha value is -2.17. The zero-order valence-electron chi connectivity index (χ0n) is 11.2. The minimum absolute atomic E-state index is 0.345. The highest BCUT2D eigenvalue weighted by Gasteiger charge is 2.11. The average molecular weight is 261 g/mol. The summed E-state index contributed by atoms with van der Waals surface area (Å²) in [5.74, 6) is 1.42. The first-order valence-corrected chi connectivity index (χ1v) is 6.03. The molecule has 1 aromatic heterocycles. The molecule has 0 aliphatic heterocycles. The van der Waals surface area contributed by atoms with Gasteiger partial charge in [0.15, 0.2) is 5.82 Å². The number of ether oxygens (including phenoxy) is 1. The van der Waals surface area contributed by atoms with Crippen LogP contribution in [-0.4, -0.2) is 30.7 Å². The van der Waals surface area contributed by atoms with Crippen LogP contribution < -0.4 is 9.64 Å². The van der Waals surface area contributed by atoms with Gasteiger partial charge in [0, 0.05) is 25.9 Å². The fourth-order valence-electron chi connectivity index (χ4n) is 1.70. The van der Waals surface area contributed by atoms with Crippen LogP contribution in [0.2, 0.25) is 0 Å². The number of methoxy groups -OCH3 is 1. The SMILES string of the molecule is CCN(C)c1ccnc(-c2ccc(F)cc2OC)n1. The number of nitrogens with zero attached hydrogens (tertiary/aromatic N) is 3. The first kappa shape index (κ1) is 13.3. The van der Waals surface area contributed by atoms with Crippen LogP contribution in [0, 0.1) is 5.82 Å². The molecule has 0 radical (unpaired) electrons. The van der Waals surface area contributed by atoms with Crippen LogP contribution in [0.5, 0.6) is 5.75 Å². The lowest BCUT2D eigenvalue weighted by Gasteiger charge is -2.16. The Morgan fingerprint density at radius 1 is 1.32 bits per heavy atom. The van der Waals surface area contributed by atoms with E-state index < -0.39 is 0 Å². The van der Waals surface area contributed by atoms with Crippen molar-refractivity contribution in [2.75, 3.05) is 25.6 Å². The lowest BCUT2D eigenvalue weighted by atomic mass is 10.2. The number of benzene rings is 1. The molecule has 0 N–H and O–H groups in total. The average Bonchev–Trinajstić information content (AvgIpc) is 2.46. The van der Waals surface area contributed by atoms with Gasteiger partial charge in [0.1, 0.15) is 17.4 Å². The lowest BCUT2D eigenvalue weighted by molar-refractivity contribution is 0.412. The van der Waals surface area contributed by atoms with Crippen LogP contribution in [-0.2, 0) is 0 Å². The van der Waals surface area contributed by atoms with Gasteiger partial charge < -0.3 is 9.64 Å². The summed E-state index contributed by atoms with van der Waals surface area (Å²) in [6, 6.07) is 6.16. The van der Waals surface area contributed by atoms with Gasteiger partial charge in [-0.15, -0.1) is 0 Å². The molecule has 0 spiro atoms. The summed E-state index contributed by atoms with van der Waals surface area (Å²) in [7, 11) is 3.45. The topological polar surface area (TPSA) is 38.2 Å². The maximum atomic E-state index is 13.2. The first-order chi connectivity index (χ1) is 9.15. The van der Waals surface area contributed by atoms with Crippen molar-refractivity contribution < 1.29 is 9.13 Å². The van der Waals surface area contributed by atoms with Crippen molar-refractivity contribution >= 4 is 5.82 Å². The largest absolute Gasteiger partial charge is 0.496 e. The fourth-order valence-corrected chi connectivity index (χ4v) is 1.70. The lowest BCUT2D eigenvalue weighted by Crippen LogP contribution is -2.17. The highest BCUT2D eigenvalue weighted by Crippen LogP contribution is 2.28. The third kappa shape index (κ3) is 2.81. The number of hydrogen-bond acceptors (Lipinski definition) is 4. The molecule has 4 nitrogen and oxygen atoms in total. The fraction of sp³-hybridized carbons (Fsp3) is 0.286. The van der Waals surface area contributed by atoms with E-state index in [1.54, 1.807) is 12.3 Å². The molecular formula is C14H16FN3O. The normalized spacial score (nSPS) is 10.3. The smallest absolute Gasteiger partial charge is 0.165 e. The molecule has 5 heteroatoms. The Balaban J connectivity index is 2.47. The number of anilines is 1. The summed E-state index contributed by atoms with van der Waals surface area (Å²) in [5.41, 5.74) is 0.676. The van der Waals surface area contributed by atoms with E-state index in [0.717, 1.165) is 12.4 Å². The van der Waals surface area contributed by atoms with Gasteiger partial charge in [-0.1, -0.05) is 0 Å². The Morgan fingerprint density at radius 3 is 2.79 bits per heavy atom. The highest BCUT2D eigenvalue weighted by molar-refractivity contribution is 5.65. The molecule has 2 rings (SSSR count). The van der Waals surface area contributed by atoms with Crippen LogP contribution >= 0.6 is 0 Å². The number of hydrogen-bond donors (Lipinski definition) is 0.